The molecule has 2 heterocycles. The largest absolute Gasteiger partial charge is 0.394 e. The fourth-order valence-corrected chi connectivity index (χ4v) is 2.35. The molecule has 1 aliphatic rings. The number of rotatable bonds is 4. The molecule has 0 spiro atoms. The van der Waals surface area contributed by atoms with E-state index in [4.69, 9.17) is 9.84 Å². The minimum atomic E-state index is -0.840. The van der Waals surface area contributed by atoms with Crippen molar-refractivity contribution in [2.75, 3.05) is 6.61 Å². The fourth-order valence-electron chi connectivity index (χ4n) is 2.35. The van der Waals surface area contributed by atoms with E-state index in [9.17, 15) is 5.11 Å². The van der Waals surface area contributed by atoms with Crippen LogP contribution in [0.1, 0.15) is 36.6 Å². The van der Waals surface area contributed by atoms with Crippen LogP contribution >= 0.6 is 0 Å². The molecular weight excluding hydrogens is 258 g/mol. The first-order chi connectivity index (χ1) is 9.78. The predicted molar refractivity (Wildman–Crippen MR) is 70.8 cm³/mol. The maximum absolute atomic E-state index is 10.2. The molecule has 6 heteroatoms. The average Bonchev–Trinajstić information content (AvgIpc) is 3.16. The molecule has 1 aliphatic heterocycles. The summed E-state index contributed by atoms with van der Waals surface area (Å²) in [6.45, 7) is 0.0185. The maximum Gasteiger partial charge on any atom is 0.183 e. The highest BCUT2D eigenvalue weighted by atomic mass is 16.5. The lowest BCUT2D eigenvalue weighted by Crippen LogP contribution is -2.15. The molecular formula is C14H17N3O3. The van der Waals surface area contributed by atoms with E-state index in [2.05, 4.69) is 10.1 Å². The molecule has 0 radical (unpaired) electrons. The van der Waals surface area contributed by atoms with Crippen LogP contribution < -0.4 is 0 Å². The quantitative estimate of drug-likeness (QED) is 0.871. The molecule has 0 saturated carbocycles. The zero-order valence-electron chi connectivity index (χ0n) is 11.0. The van der Waals surface area contributed by atoms with Crippen LogP contribution in [0.15, 0.2) is 36.7 Å². The van der Waals surface area contributed by atoms with E-state index in [0.29, 0.717) is 5.82 Å². The zero-order chi connectivity index (χ0) is 13.9. The van der Waals surface area contributed by atoms with Crippen molar-refractivity contribution in [1.29, 1.82) is 0 Å². The molecule has 0 amide bonds. The molecule has 2 N–H and O–H groups in total. The van der Waals surface area contributed by atoms with Gasteiger partial charge >= 0.3 is 0 Å². The van der Waals surface area contributed by atoms with Crippen LogP contribution in [0.4, 0.5) is 0 Å². The minimum Gasteiger partial charge on any atom is -0.394 e. The molecule has 3 rings (SSSR count). The second-order valence-electron chi connectivity index (χ2n) is 4.87. The van der Waals surface area contributed by atoms with Crippen LogP contribution in [0, 0.1) is 0 Å². The van der Waals surface area contributed by atoms with Gasteiger partial charge < -0.3 is 14.9 Å². The molecule has 1 saturated heterocycles. The zero-order valence-corrected chi connectivity index (χ0v) is 11.0. The van der Waals surface area contributed by atoms with Crippen LogP contribution in [0.2, 0.25) is 0 Å². The van der Waals surface area contributed by atoms with Gasteiger partial charge in [0.15, 0.2) is 12.1 Å². The van der Waals surface area contributed by atoms with Gasteiger partial charge in [-0.05, 0) is 18.4 Å². The SMILES string of the molecule is OC[C@@H]1CC[C@H](n2cnc(C(O)c3ccccc3)n2)O1. The topological polar surface area (TPSA) is 80.4 Å². The van der Waals surface area contributed by atoms with Gasteiger partial charge in [-0.2, -0.15) is 5.10 Å². The van der Waals surface area contributed by atoms with Crippen molar-refractivity contribution in [3.05, 3.63) is 48.0 Å². The standard InChI is InChI=1S/C14H17N3O3/c18-8-11-6-7-12(20-11)17-9-15-14(16-17)13(19)10-4-2-1-3-5-10/h1-5,9,11-13,18-19H,6-8H2/t11-,12+,13?/m0/s1. The summed E-state index contributed by atoms with van der Waals surface area (Å²) in [6, 6.07) is 9.28. The van der Waals surface area contributed by atoms with Crippen molar-refractivity contribution < 1.29 is 14.9 Å². The van der Waals surface area contributed by atoms with E-state index in [1.54, 1.807) is 11.0 Å². The van der Waals surface area contributed by atoms with Crippen molar-refractivity contribution in [1.82, 2.24) is 14.8 Å². The summed E-state index contributed by atoms with van der Waals surface area (Å²) >= 11 is 0. The van der Waals surface area contributed by atoms with Crippen LogP contribution in [-0.2, 0) is 4.74 Å². The number of aromatic nitrogens is 3. The van der Waals surface area contributed by atoms with E-state index in [-0.39, 0.29) is 18.9 Å². The minimum absolute atomic E-state index is 0.0185. The van der Waals surface area contributed by atoms with Crippen molar-refractivity contribution in [2.45, 2.75) is 31.3 Å². The van der Waals surface area contributed by atoms with Gasteiger partial charge in [-0.25, -0.2) is 9.67 Å². The summed E-state index contributed by atoms with van der Waals surface area (Å²) in [4.78, 5) is 4.15. The second kappa shape index (κ2) is 5.70. The molecule has 20 heavy (non-hydrogen) atoms. The van der Waals surface area contributed by atoms with E-state index in [1.807, 2.05) is 30.3 Å². The van der Waals surface area contributed by atoms with Gasteiger partial charge in [0.2, 0.25) is 0 Å². The second-order valence-corrected chi connectivity index (χ2v) is 4.87. The van der Waals surface area contributed by atoms with Crippen molar-refractivity contribution in [2.24, 2.45) is 0 Å². The Balaban J connectivity index is 1.74. The molecule has 106 valence electrons. The van der Waals surface area contributed by atoms with E-state index < -0.39 is 6.10 Å². The summed E-state index contributed by atoms with van der Waals surface area (Å²) in [5.41, 5.74) is 0.755. The molecule has 0 bridgehead atoms. The molecule has 1 fully saturated rings. The Morgan fingerprint density at radius 3 is 2.80 bits per heavy atom. The summed E-state index contributed by atoms with van der Waals surface area (Å²) in [5.74, 6) is 0.354. The van der Waals surface area contributed by atoms with Crippen molar-refractivity contribution in [3.8, 4) is 0 Å². The molecule has 1 aromatic carbocycles. The van der Waals surface area contributed by atoms with Crippen LogP contribution in [0.25, 0.3) is 0 Å². The lowest BCUT2D eigenvalue weighted by molar-refractivity contribution is -0.0287. The van der Waals surface area contributed by atoms with Gasteiger partial charge in [-0.3, -0.25) is 0 Å². The summed E-state index contributed by atoms with van der Waals surface area (Å²) in [5, 5.41) is 23.6. The van der Waals surface area contributed by atoms with Crippen LogP contribution in [0.3, 0.4) is 0 Å². The maximum atomic E-state index is 10.2. The van der Waals surface area contributed by atoms with Gasteiger partial charge in [-0.1, -0.05) is 30.3 Å². The molecule has 6 nitrogen and oxygen atoms in total. The van der Waals surface area contributed by atoms with Gasteiger partial charge in [0.1, 0.15) is 12.4 Å². The van der Waals surface area contributed by atoms with Gasteiger partial charge in [0.05, 0.1) is 12.7 Å². The number of benzene rings is 1. The first kappa shape index (κ1) is 13.2. The highest BCUT2D eigenvalue weighted by Gasteiger charge is 2.27. The third-order valence-corrected chi connectivity index (χ3v) is 3.47. The summed E-state index contributed by atoms with van der Waals surface area (Å²) in [6.07, 6.45) is 1.97. The molecule has 2 aromatic rings. The van der Waals surface area contributed by atoms with E-state index in [1.165, 1.54) is 0 Å². The number of aliphatic hydroxyl groups is 2. The van der Waals surface area contributed by atoms with Gasteiger partial charge in [-0.15, -0.1) is 0 Å². The van der Waals surface area contributed by atoms with Crippen LogP contribution in [0.5, 0.6) is 0 Å². The smallest absolute Gasteiger partial charge is 0.183 e. The normalized spacial score (nSPS) is 23.9. The summed E-state index contributed by atoms with van der Waals surface area (Å²) < 4.78 is 7.23. The van der Waals surface area contributed by atoms with Crippen LogP contribution in [-0.4, -0.2) is 37.7 Å². The Hall–Kier alpha value is -1.76. The number of hydrogen-bond donors (Lipinski definition) is 2. The average molecular weight is 275 g/mol. The van der Waals surface area contributed by atoms with E-state index >= 15 is 0 Å². The third kappa shape index (κ3) is 2.58. The lowest BCUT2D eigenvalue weighted by atomic mass is 10.1. The van der Waals surface area contributed by atoms with Gasteiger partial charge in [0.25, 0.3) is 0 Å². The van der Waals surface area contributed by atoms with Gasteiger partial charge in [0, 0.05) is 0 Å². The van der Waals surface area contributed by atoms with Crippen molar-refractivity contribution in [3.63, 3.8) is 0 Å². The molecule has 1 aromatic heterocycles. The number of hydrogen-bond acceptors (Lipinski definition) is 5. The Kier molecular flexibility index (Phi) is 3.77. The number of nitrogens with zero attached hydrogens (tertiary/aromatic N) is 3. The Labute approximate surface area is 116 Å². The first-order valence-electron chi connectivity index (χ1n) is 6.68. The Morgan fingerprint density at radius 1 is 1.30 bits per heavy atom. The highest BCUT2D eigenvalue weighted by molar-refractivity contribution is 5.21. The first-order valence-corrected chi connectivity index (χ1v) is 6.68. The number of ether oxygens (including phenoxy) is 1. The van der Waals surface area contributed by atoms with E-state index in [0.717, 1.165) is 18.4 Å². The monoisotopic (exact) mass is 275 g/mol. The molecule has 1 unspecified atom stereocenters. The Bertz CT molecular complexity index is 558. The lowest BCUT2D eigenvalue weighted by Gasteiger charge is -2.11. The number of aliphatic hydroxyl groups excluding tert-OH is 2. The molecule has 0 aliphatic carbocycles. The Morgan fingerprint density at radius 2 is 2.10 bits per heavy atom. The third-order valence-electron chi connectivity index (χ3n) is 3.47. The summed E-state index contributed by atoms with van der Waals surface area (Å²) in [7, 11) is 0. The predicted octanol–water partition coefficient (Wildman–Crippen LogP) is 1.03. The van der Waals surface area contributed by atoms with Crippen molar-refractivity contribution >= 4 is 0 Å². The molecule has 3 atom stereocenters. The fraction of sp³-hybridized carbons (Fsp3) is 0.429. The highest BCUT2D eigenvalue weighted by Crippen LogP contribution is 2.28.